The summed E-state index contributed by atoms with van der Waals surface area (Å²) in [4.78, 5) is 2.43. The van der Waals surface area contributed by atoms with Gasteiger partial charge in [0.1, 0.15) is 11.8 Å². The molecule has 1 aromatic rings. The van der Waals surface area contributed by atoms with Crippen molar-refractivity contribution >= 4 is 0 Å². The number of ether oxygens (including phenoxy) is 1. The molecule has 21 heavy (non-hydrogen) atoms. The van der Waals surface area contributed by atoms with E-state index in [1.165, 1.54) is 31.2 Å². The fourth-order valence-corrected chi connectivity index (χ4v) is 3.18. The summed E-state index contributed by atoms with van der Waals surface area (Å²) >= 11 is 0. The Morgan fingerprint density at radius 3 is 2.57 bits per heavy atom. The van der Waals surface area contributed by atoms with E-state index >= 15 is 0 Å². The summed E-state index contributed by atoms with van der Waals surface area (Å²) < 4.78 is 5.20. The Bertz CT molecular complexity index is 521. The monoisotopic (exact) mass is 286 g/mol. The lowest BCUT2D eigenvalue weighted by molar-refractivity contribution is 0.123. The molecule has 0 unspecified atom stereocenters. The number of nitriles is 1. The molecule has 1 saturated carbocycles. The molecule has 0 aromatic heterocycles. The van der Waals surface area contributed by atoms with Crippen LogP contribution in [0.3, 0.4) is 0 Å². The zero-order valence-electron chi connectivity index (χ0n) is 13.6. The van der Waals surface area contributed by atoms with Crippen LogP contribution in [0.15, 0.2) is 18.2 Å². The van der Waals surface area contributed by atoms with Crippen LogP contribution in [0.1, 0.15) is 50.7 Å². The highest BCUT2D eigenvalue weighted by molar-refractivity contribution is 5.45. The largest absolute Gasteiger partial charge is 0.495 e. The molecule has 0 heterocycles. The first-order valence-corrected chi connectivity index (χ1v) is 7.72. The van der Waals surface area contributed by atoms with Gasteiger partial charge in [-0.05, 0) is 55.8 Å². The van der Waals surface area contributed by atoms with Gasteiger partial charge in [0, 0.05) is 12.6 Å². The second kappa shape index (κ2) is 6.49. The van der Waals surface area contributed by atoms with Crippen molar-refractivity contribution in [3.05, 3.63) is 29.3 Å². The molecule has 3 nitrogen and oxygen atoms in total. The number of nitrogens with zero attached hydrogens (tertiary/aromatic N) is 2. The summed E-state index contributed by atoms with van der Waals surface area (Å²) in [7, 11) is 3.80. The van der Waals surface area contributed by atoms with Crippen LogP contribution >= 0.6 is 0 Å². The van der Waals surface area contributed by atoms with E-state index in [0.717, 1.165) is 6.54 Å². The molecule has 0 N–H and O–H groups in total. The average molecular weight is 286 g/mol. The van der Waals surface area contributed by atoms with Crippen molar-refractivity contribution < 1.29 is 4.74 Å². The standard InChI is InChI=1S/C18H26N2O/c1-18(2)9-7-16(8-10-18)20(3)13-14-5-6-17(21-4)15(11-14)12-19/h5-6,11,16H,7-10,13H2,1-4H3. The highest BCUT2D eigenvalue weighted by Gasteiger charge is 2.28. The van der Waals surface area contributed by atoms with Gasteiger partial charge in [0.15, 0.2) is 0 Å². The lowest BCUT2D eigenvalue weighted by Gasteiger charge is -2.38. The minimum absolute atomic E-state index is 0.505. The van der Waals surface area contributed by atoms with Gasteiger partial charge in [-0.1, -0.05) is 19.9 Å². The van der Waals surface area contributed by atoms with E-state index in [9.17, 15) is 5.26 Å². The Labute approximate surface area is 128 Å². The maximum absolute atomic E-state index is 9.17. The average Bonchev–Trinajstić information content (AvgIpc) is 2.46. The first-order valence-electron chi connectivity index (χ1n) is 7.72. The van der Waals surface area contributed by atoms with Crippen LogP contribution in [-0.2, 0) is 6.54 Å². The van der Waals surface area contributed by atoms with Crippen LogP contribution < -0.4 is 4.74 Å². The lowest BCUT2D eigenvalue weighted by Crippen LogP contribution is -2.36. The van der Waals surface area contributed by atoms with Gasteiger partial charge in [-0.25, -0.2) is 0 Å². The second-order valence-electron chi connectivity index (χ2n) is 6.96. The SMILES string of the molecule is COc1ccc(CN(C)C2CCC(C)(C)CC2)cc1C#N. The van der Waals surface area contributed by atoms with Gasteiger partial charge in [0.2, 0.25) is 0 Å². The minimum atomic E-state index is 0.505. The van der Waals surface area contributed by atoms with E-state index in [2.05, 4.69) is 37.9 Å². The van der Waals surface area contributed by atoms with Crippen LogP contribution in [-0.4, -0.2) is 25.1 Å². The van der Waals surface area contributed by atoms with Gasteiger partial charge in [-0.2, -0.15) is 5.26 Å². The van der Waals surface area contributed by atoms with Gasteiger partial charge in [0.25, 0.3) is 0 Å². The number of hydrogen-bond donors (Lipinski definition) is 0. The first-order chi connectivity index (χ1) is 9.95. The highest BCUT2D eigenvalue weighted by Crippen LogP contribution is 2.37. The molecule has 0 saturated heterocycles. The zero-order valence-corrected chi connectivity index (χ0v) is 13.6. The first kappa shape index (κ1) is 15.9. The van der Waals surface area contributed by atoms with Crippen LogP contribution in [0, 0.1) is 16.7 Å². The fraction of sp³-hybridized carbons (Fsp3) is 0.611. The lowest BCUT2D eigenvalue weighted by atomic mass is 9.75. The summed E-state index contributed by atoms with van der Waals surface area (Å²) in [5.74, 6) is 0.656. The molecular formula is C18H26N2O. The normalized spacial score (nSPS) is 18.5. The molecule has 0 radical (unpaired) electrons. The Morgan fingerprint density at radius 1 is 1.33 bits per heavy atom. The van der Waals surface area contributed by atoms with E-state index < -0.39 is 0 Å². The number of benzene rings is 1. The molecule has 1 aliphatic rings. The van der Waals surface area contributed by atoms with Crippen LogP contribution in [0.25, 0.3) is 0 Å². The van der Waals surface area contributed by atoms with E-state index in [0.29, 0.717) is 22.8 Å². The molecule has 2 rings (SSSR count). The van der Waals surface area contributed by atoms with Crippen molar-refractivity contribution in [2.45, 2.75) is 52.1 Å². The molecule has 0 aliphatic heterocycles. The summed E-state index contributed by atoms with van der Waals surface area (Å²) in [5.41, 5.74) is 2.30. The van der Waals surface area contributed by atoms with Gasteiger partial charge in [-0.3, -0.25) is 4.90 Å². The van der Waals surface area contributed by atoms with Gasteiger partial charge in [0.05, 0.1) is 12.7 Å². The predicted octanol–water partition coefficient (Wildman–Crippen LogP) is 3.97. The predicted molar refractivity (Wildman–Crippen MR) is 85.2 cm³/mol. The third-order valence-corrected chi connectivity index (χ3v) is 4.75. The number of hydrogen-bond acceptors (Lipinski definition) is 3. The van der Waals surface area contributed by atoms with Crippen molar-refractivity contribution in [1.82, 2.24) is 4.90 Å². The van der Waals surface area contributed by atoms with Crippen molar-refractivity contribution in [3.8, 4) is 11.8 Å². The minimum Gasteiger partial charge on any atom is -0.495 e. The highest BCUT2D eigenvalue weighted by atomic mass is 16.5. The topological polar surface area (TPSA) is 36.3 Å². The van der Waals surface area contributed by atoms with Gasteiger partial charge < -0.3 is 4.74 Å². The summed E-state index contributed by atoms with van der Waals surface area (Å²) in [5, 5.41) is 9.17. The maximum Gasteiger partial charge on any atom is 0.136 e. The van der Waals surface area contributed by atoms with E-state index in [4.69, 9.17) is 4.74 Å². The molecule has 0 amide bonds. The summed E-state index contributed by atoms with van der Waals surface area (Å²) in [6.07, 6.45) is 5.14. The smallest absolute Gasteiger partial charge is 0.136 e. The fourth-order valence-electron chi connectivity index (χ4n) is 3.18. The maximum atomic E-state index is 9.17. The van der Waals surface area contributed by atoms with Gasteiger partial charge in [-0.15, -0.1) is 0 Å². The Kier molecular flexibility index (Phi) is 4.90. The van der Waals surface area contributed by atoms with E-state index in [1.807, 2.05) is 12.1 Å². The third kappa shape index (κ3) is 3.98. The summed E-state index contributed by atoms with van der Waals surface area (Å²) in [6.45, 7) is 5.63. The van der Waals surface area contributed by atoms with Crippen molar-refractivity contribution in [3.63, 3.8) is 0 Å². The van der Waals surface area contributed by atoms with Crippen molar-refractivity contribution in [2.75, 3.05) is 14.2 Å². The van der Waals surface area contributed by atoms with Crippen LogP contribution in [0.5, 0.6) is 5.75 Å². The second-order valence-corrected chi connectivity index (χ2v) is 6.96. The molecule has 3 heteroatoms. The van der Waals surface area contributed by atoms with E-state index in [1.54, 1.807) is 7.11 Å². The van der Waals surface area contributed by atoms with Crippen molar-refractivity contribution in [1.29, 1.82) is 5.26 Å². The van der Waals surface area contributed by atoms with Gasteiger partial charge >= 0.3 is 0 Å². The molecule has 1 fully saturated rings. The quantitative estimate of drug-likeness (QED) is 0.840. The zero-order chi connectivity index (χ0) is 15.5. The molecule has 0 atom stereocenters. The van der Waals surface area contributed by atoms with E-state index in [-0.39, 0.29) is 0 Å². The van der Waals surface area contributed by atoms with Crippen LogP contribution in [0.2, 0.25) is 0 Å². The molecule has 0 bridgehead atoms. The number of rotatable bonds is 4. The summed E-state index contributed by atoms with van der Waals surface area (Å²) in [6, 6.07) is 8.76. The molecule has 1 aliphatic carbocycles. The third-order valence-electron chi connectivity index (χ3n) is 4.75. The van der Waals surface area contributed by atoms with Crippen molar-refractivity contribution in [2.24, 2.45) is 5.41 Å². The number of methoxy groups -OCH3 is 1. The Balaban J connectivity index is 2.00. The van der Waals surface area contributed by atoms with Crippen LogP contribution in [0.4, 0.5) is 0 Å². The Morgan fingerprint density at radius 2 is 2.00 bits per heavy atom. The molecular weight excluding hydrogens is 260 g/mol. The molecule has 1 aromatic carbocycles. The Hall–Kier alpha value is -1.53. The molecule has 0 spiro atoms. The molecule has 114 valence electrons.